The summed E-state index contributed by atoms with van der Waals surface area (Å²) in [6.07, 6.45) is 0. The van der Waals surface area contributed by atoms with Crippen LogP contribution in [0.5, 0.6) is 0 Å². The molecule has 0 saturated carbocycles. The Morgan fingerprint density at radius 2 is 1.48 bits per heavy atom. The van der Waals surface area contributed by atoms with Gasteiger partial charge in [0.25, 0.3) is 17.7 Å². The maximum Gasteiger partial charge on any atom is 0.283 e. The molecule has 3 amide bonds. The molecule has 31 heavy (non-hydrogen) atoms. The first kappa shape index (κ1) is 20.7. The van der Waals surface area contributed by atoms with Gasteiger partial charge in [0.15, 0.2) is 0 Å². The van der Waals surface area contributed by atoms with Gasteiger partial charge < -0.3 is 10.6 Å². The Balaban J connectivity index is 1.55. The maximum atomic E-state index is 12.9. The van der Waals surface area contributed by atoms with Crippen molar-refractivity contribution < 1.29 is 14.4 Å². The van der Waals surface area contributed by atoms with Crippen LogP contribution in [0.25, 0.3) is 0 Å². The molecule has 0 aliphatic carbocycles. The molecule has 4 rings (SSSR count). The van der Waals surface area contributed by atoms with Crippen molar-refractivity contribution in [2.75, 3.05) is 15.5 Å². The second kappa shape index (κ2) is 8.63. The fourth-order valence-corrected chi connectivity index (χ4v) is 3.47. The van der Waals surface area contributed by atoms with E-state index in [1.54, 1.807) is 54.6 Å². The molecule has 0 spiro atoms. The van der Waals surface area contributed by atoms with Gasteiger partial charge in [-0.2, -0.15) is 0 Å². The van der Waals surface area contributed by atoms with Crippen LogP contribution in [0, 0.1) is 0 Å². The van der Waals surface area contributed by atoms with Gasteiger partial charge in [0.05, 0.1) is 5.69 Å². The minimum atomic E-state index is -0.658. The topological polar surface area (TPSA) is 78.5 Å². The summed E-state index contributed by atoms with van der Waals surface area (Å²) in [5.74, 6) is -1.59. The summed E-state index contributed by atoms with van der Waals surface area (Å²) in [5.41, 5.74) is 1.70. The van der Waals surface area contributed by atoms with Gasteiger partial charge in [-0.15, -0.1) is 0 Å². The molecule has 0 bridgehead atoms. The van der Waals surface area contributed by atoms with Crippen molar-refractivity contribution in [3.05, 3.63) is 100 Å². The van der Waals surface area contributed by atoms with E-state index in [2.05, 4.69) is 10.6 Å². The first-order chi connectivity index (χ1) is 14.9. The lowest BCUT2D eigenvalue weighted by molar-refractivity contribution is -0.120. The van der Waals surface area contributed by atoms with Crippen LogP contribution < -0.4 is 15.5 Å². The highest BCUT2D eigenvalue weighted by Gasteiger charge is 2.39. The van der Waals surface area contributed by atoms with Crippen molar-refractivity contribution in [3.8, 4) is 0 Å². The molecule has 0 aromatic heterocycles. The van der Waals surface area contributed by atoms with Crippen LogP contribution in [0.1, 0.15) is 10.4 Å². The summed E-state index contributed by atoms with van der Waals surface area (Å²) in [6.45, 7) is 0. The second-order valence-corrected chi connectivity index (χ2v) is 7.45. The third-order valence-corrected chi connectivity index (χ3v) is 5.11. The number of nitrogens with zero attached hydrogens (tertiary/aromatic N) is 1. The molecule has 3 aromatic carbocycles. The molecule has 0 atom stereocenters. The van der Waals surface area contributed by atoms with E-state index >= 15 is 0 Å². The number of nitrogens with one attached hydrogen (secondary N) is 2. The highest BCUT2D eigenvalue weighted by Crippen LogP contribution is 2.31. The molecule has 3 aromatic rings. The van der Waals surface area contributed by atoms with E-state index in [1.165, 1.54) is 6.07 Å². The number of anilines is 3. The molecule has 0 radical (unpaired) electrons. The molecule has 0 fully saturated rings. The highest BCUT2D eigenvalue weighted by molar-refractivity contribution is 6.53. The number of amides is 3. The fraction of sp³-hybridized carbons (Fsp3) is 0. The van der Waals surface area contributed by atoms with E-state index in [-0.39, 0.29) is 16.6 Å². The Bertz CT molecular complexity index is 1230. The molecule has 8 heteroatoms. The van der Waals surface area contributed by atoms with Crippen molar-refractivity contribution in [1.29, 1.82) is 0 Å². The van der Waals surface area contributed by atoms with E-state index in [4.69, 9.17) is 23.2 Å². The van der Waals surface area contributed by atoms with Gasteiger partial charge in [-0.3, -0.25) is 14.4 Å². The summed E-state index contributed by atoms with van der Waals surface area (Å²) in [5, 5.41) is 5.79. The number of imide groups is 1. The monoisotopic (exact) mass is 451 g/mol. The summed E-state index contributed by atoms with van der Waals surface area (Å²) < 4.78 is 0. The first-order valence-corrected chi connectivity index (χ1v) is 9.97. The maximum absolute atomic E-state index is 12.9. The quantitative estimate of drug-likeness (QED) is 0.533. The smallest absolute Gasteiger partial charge is 0.283 e. The van der Waals surface area contributed by atoms with Crippen LogP contribution >= 0.6 is 23.2 Å². The number of carbonyl (C=O) groups is 3. The van der Waals surface area contributed by atoms with Crippen molar-refractivity contribution in [2.45, 2.75) is 0 Å². The number of rotatable bonds is 5. The number of halogens is 2. The van der Waals surface area contributed by atoms with E-state index in [0.29, 0.717) is 27.6 Å². The standard InChI is InChI=1S/C23H15Cl2N3O3/c24-15-7-5-11-18(13-15)28-22(30)19(25)20(23(28)31)26-17-10-4-6-14(12-17)21(29)27-16-8-2-1-3-9-16/h1-13,26H,(H,27,29). The van der Waals surface area contributed by atoms with Gasteiger partial charge >= 0.3 is 0 Å². The predicted molar refractivity (Wildman–Crippen MR) is 121 cm³/mol. The second-order valence-electron chi connectivity index (χ2n) is 6.64. The van der Waals surface area contributed by atoms with Crippen LogP contribution in [0.3, 0.4) is 0 Å². The molecular weight excluding hydrogens is 437 g/mol. The van der Waals surface area contributed by atoms with Crippen LogP contribution in [0.2, 0.25) is 5.02 Å². The number of hydrogen-bond donors (Lipinski definition) is 2. The van der Waals surface area contributed by atoms with Gasteiger partial charge in [-0.05, 0) is 48.5 Å². The van der Waals surface area contributed by atoms with Gasteiger partial charge in [-0.1, -0.05) is 53.5 Å². The Hall–Kier alpha value is -3.61. The summed E-state index contributed by atoms with van der Waals surface area (Å²) in [6, 6.07) is 21.9. The Morgan fingerprint density at radius 1 is 0.774 bits per heavy atom. The summed E-state index contributed by atoms with van der Waals surface area (Å²) >= 11 is 12.1. The minimum Gasteiger partial charge on any atom is -0.350 e. The first-order valence-electron chi connectivity index (χ1n) is 9.21. The van der Waals surface area contributed by atoms with Crippen LogP contribution in [-0.2, 0) is 9.59 Å². The number of hydrogen-bond acceptors (Lipinski definition) is 4. The van der Waals surface area contributed by atoms with Crippen molar-refractivity contribution in [1.82, 2.24) is 0 Å². The third-order valence-electron chi connectivity index (χ3n) is 4.52. The highest BCUT2D eigenvalue weighted by atomic mass is 35.5. The molecule has 1 aliphatic heterocycles. The summed E-state index contributed by atoms with van der Waals surface area (Å²) in [7, 11) is 0. The molecule has 6 nitrogen and oxygen atoms in total. The third kappa shape index (κ3) is 4.30. The molecule has 1 heterocycles. The zero-order valence-electron chi connectivity index (χ0n) is 15.9. The molecule has 154 valence electrons. The average molecular weight is 452 g/mol. The molecular formula is C23H15Cl2N3O3. The van der Waals surface area contributed by atoms with Crippen LogP contribution in [-0.4, -0.2) is 17.7 Å². The molecule has 1 aliphatic rings. The van der Waals surface area contributed by atoms with Crippen LogP contribution in [0.4, 0.5) is 17.1 Å². The van der Waals surface area contributed by atoms with E-state index in [0.717, 1.165) is 4.90 Å². The number of benzene rings is 3. The Kier molecular flexibility index (Phi) is 5.75. The summed E-state index contributed by atoms with van der Waals surface area (Å²) in [4.78, 5) is 38.9. The van der Waals surface area contributed by atoms with Gasteiger partial charge in [0.1, 0.15) is 10.7 Å². The zero-order chi connectivity index (χ0) is 22.0. The molecule has 0 saturated heterocycles. The minimum absolute atomic E-state index is 0.0766. The number of para-hydroxylation sites is 1. The molecule has 0 unspecified atom stereocenters. The Morgan fingerprint density at radius 3 is 2.23 bits per heavy atom. The lowest BCUT2D eigenvalue weighted by Crippen LogP contribution is -2.32. The van der Waals surface area contributed by atoms with Crippen molar-refractivity contribution >= 4 is 58.0 Å². The van der Waals surface area contributed by atoms with Gasteiger partial charge in [0, 0.05) is 22.0 Å². The SMILES string of the molecule is O=C(Nc1ccccc1)c1cccc(NC2=C(Cl)C(=O)N(c3cccc(Cl)c3)C2=O)c1. The lowest BCUT2D eigenvalue weighted by Gasteiger charge is -2.15. The van der Waals surface area contributed by atoms with E-state index in [1.807, 2.05) is 18.2 Å². The predicted octanol–water partition coefficient (Wildman–Crippen LogP) is 5.03. The zero-order valence-corrected chi connectivity index (χ0v) is 17.4. The van der Waals surface area contributed by atoms with Crippen molar-refractivity contribution in [3.63, 3.8) is 0 Å². The lowest BCUT2D eigenvalue weighted by atomic mass is 10.1. The van der Waals surface area contributed by atoms with Gasteiger partial charge in [0.2, 0.25) is 0 Å². The largest absolute Gasteiger partial charge is 0.350 e. The van der Waals surface area contributed by atoms with E-state index < -0.39 is 11.8 Å². The van der Waals surface area contributed by atoms with E-state index in [9.17, 15) is 14.4 Å². The molecule has 2 N–H and O–H groups in total. The van der Waals surface area contributed by atoms with Gasteiger partial charge in [-0.25, -0.2) is 4.90 Å². The fourth-order valence-electron chi connectivity index (χ4n) is 3.07. The average Bonchev–Trinajstić information content (AvgIpc) is 2.98. The normalized spacial score (nSPS) is 13.5. The Labute approximate surface area is 188 Å². The number of carbonyl (C=O) groups excluding carboxylic acids is 3. The van der Waals surface area contributed by atoms with Crippen molar-refractivity contribution in [2.24, 2.45) is 0 Å². The van der Waals surface area contributed by atoms with Crippen LogP contribution in [0.15, 0.2) is 89.6 Å².